The molecule has 5 atom stereocenters. The molecule has 4 bridgehead atoms. The SMILES string of the molecule is COC(=O)[C@H](N)[C@@H]1NC(=O)[C@@H](Cc2ccccc2)NC(=O)[C@@H](NC(=O)[C@H](N)CC(C)C)Cc2ccc(c([N+](=O)[O-])c2)Oc2cc1cc(O)c2OC.Cl. The van der Waals surface area contributed by atoms with E-state index in [1.807, 2.05) is 13.8 Å². The van der Waals surface area contributed by atoms with Crippen molar-refractivity contribution in [1.29, 1.82) is 0 Å². The number of fused-ring (bicyclic) bond motifs is 9. The van der Waals surface area contributed by atoms with Gasteiger partial charge in [-0.2, -0.15) is 0 Å². The van der Waals surface area contributed by atoms with E-state index in [1.165, 1.54) is 37.4 Å². The summed E-state index contributed by atoms with van der Waals surface area (Å²) in [4.78, 5) is 65.7. The zero-order chi connectivity index (χ0) is 37.4. The Morgan fingerprint density at radius 3 is 2.35 bits per heavy atom. The van der Waals surface area contributed by atoms with Crippen LogP contribution >= 0.6 is 12.4 Å². The molecule has 0 radical (unpaired) electrons. The third-order valence-electron chi connectivity index (χ3n) is 8.24. The first-order valence-corrected chi connectivity index (χ1v) is 16.1. The first-order chi connectivity index (χ1) is 24.2. The Morgan fingerprint density at radius 2 is 1.73 bits per heavy atom. The van der Waals surface area contributed by atoms with Crippen molar-refractivity contribution < 1.29 is 43.4 Å². The van der Waals surface area contributed by atoms with Crippen LogP contribution in [0.15, 0.2) is 60.7 Å². The van der Waals surface area contributed by atoms with Gasteiger partial charge in [-0.3, -0.25) is 29.3 Å². The summed E-state index contributed by atoms with van der Waals surface area (Å²) >= 11 is 0. The van der Waals surface area contributed by atoms with E-state index in [0.29, 0.717) is 12.0 Å². The topological polar surface area (TPSA) is 247 Å². The fraction of sp³-hybridized carbons (Fsp3) is 0.371. The number of nitrogens with zero attached hydrogens (tertiary/aromatic N) is 1. The fourth-order valence-electron chi connectivity index (χ4n) is 5.68. The molecule has 2 aliphatic rings. The van der Waals surface area contributed by atoms with Crippen molar-refractivity contribution in [3.63, 3.8) is 0 Å². The quantitative estimate of drug-likeness (QED) is 0.0995. The van der Waals surface area contributed by atoms with Gasteiger partial charge in [0.25, 0.3) is 0 Å². The van der Waals surface area contributed by atoms with Crippen molar-refractivity contribution >= 4 is 41.8 Å². The van der Waals surface area contributed by atoms with Gasteiger partial charge in [0.2, 0.25) is 29.2 Å². The smallest absolute Gasteiger partial charge is 0.325 e. The number of nitro groups is 1. The number of hydrogen-bond donors (Lipinski definition) is 6. The predicted molar refractivity (Wildman–Crippen MR) is 191 cm³/mol. The van der Waals surface area contributed by atoms with Crippen LogP contribution in [0.25, 0.3) is 0 Å². The summed E-state index contributed by atoms with van der Waals surface area (Å²) in [7, 11) is 2.34. The van der Waals surface area contributed by atoms with E-state index in [1.54, 1.807) is 30.3 Å². The average molecular weight is 743 g/mol. The molecule has 0 fully saturated rings. The molecule has 52 heavy (non-hydrogen) atoms. The molecule has 17 heteroatoms. The molecule has 0 aromatic heterocycles. The lowest BCUT2D eigenvalue weighted by Crippen LogP contribution is -2.58. The van der Waals surface area contributed by atoms with Gasteiger partial charge in [0.1, 0.15) is 18.1 Å². The van der Waals surface area contributed by atoms with Crippen LogP contribution in [0.2, 0.25) is 0 Å². The molecule has 0 saturated carbocycles. The van der Waals surface area contributed by atoms with Crippen LogP contribution in [-0.4, -0.2) is 72.1 Å². The average Bonchev–Trinajstić information content (AvgIpc) is 3.09. The van der Waals surface area contributed by atoms with Crippen LogP contribution in [0.1, 0.15) is 43.0 Å². The Kier molecular flexibility index (Phi) is 14.3. The van der Waals surface area contributed by atoms with Crippen LogP contribution in [0.4, 0.5) is 5.69 Å². The summed E-state index contributed by atoms with van der Waals surface area (Å²) in [6.45, 7) is 3.77. The van der Waals surface area contributed by atoms with Crippen molar-refractivity contribution in [1.82, 2.24) is 16.0 Å². The summed E-state index contributed by atoms with van der Waals surface area (Å²) in [5, 5.41) is 31.3. The number of hydrogen-bond acceptors (Lipinski definition) is 12. The summed E-state index contributed by atoms with van der Waals surface area (Å²) in [5.41, 5.74) is 12.9. The molecule has 16 nitrogen and oxygen atoms in total. The van der Waals surface area contributed by atoms with Crippen molar-refractivity contribution in [3.05, 3.63) is 87.5 Å². The standard InChI is InChI=1S/C35H42N6O10.ClH/c1-18(2)12-22(36)32(43)38-24-14-20-10-11-27(25(15-20)41(47)48)51-28-17-21(16-26(42)31(28)49-3)30(29(37)35(46)50-4)40-34(45)23(39-33(24)44)13-19-8-6-5-7-9-19;/h5-11,15-18,22-24,29-30,42H,12-14,36-37H2,1-4H3,(H,38,43)(H,39,44)(H,40,45);1H/t22-,23-,24+,29-,30-;/m1./s1. The minimum atomic E-state index is -1.55. The number of benzene rings is 3. The van der Waals surface area contributed by atoms with E-state index >= 15 is 0 Å². The Labute approximate surface area is 306 Å². The number of carbonyl (C=O) groups excluding carboxylic acids is 4. The summed E-state index contributed by atoms with van der Waals surface area (Å²) in [5.74, 6) is -4.23. The van der Waals surface area contributed by atoms with E-state index < -0.39 is 70.3 Å². The van der Waals surface area contributed by atoms with Crippen LogP contribution in [0.5, 0.6) is 23.0 Å². The molecule has 280 valence electrons. The highest BCUT2D eigenvalue weighted by molar-refractivity contribution is 5.94. The Bertz CT molecular complexity index is 1780. The summed E-state index contributed by atoms with van der Waals surface area (Å²) in [6.07, 6.45) is 0.0500. The maximum absolute atomic E-state index is 14.1. The number of amides is 3. The number of nitro benzene ring substituents is 1. The third kappa shape index (κ3) is 10.1. The molecule has 3 aromatic rings. The highest BCUT2D eigenvalue weighted by atomic mass is 35.5. The van der Waals surface area contributed by atoms with E-state index in [0.717, 1.165) is 7.11 Å². The molecule has 5 rings (SSSR count). The number of nitrogens with two attached hydrogens (primary N) is 2. The van der Waals surface area contributed by atoms with Gasteiger partial charge in [0.15, 0.2) is 11.5 Å². The number of ether oxygens (including phenoxy) is 3. The lowest BCUT2D eigenvalue weighted by molar-refractivity contribution is -0.385. The molecule has 0 spiro atoms. The van der Waals surface area contributed by atoms with Gasteiger partial charge < -0.3 is 46.7 Å². The number of esters is 1. The largest absolute Gasteiger partial charge is 0.504 e. The number of carbonyl (C=O) groups is 4. The van der Waals surface area contributed by atoms with Gasteiger partial charge in [-0.1, -0.05) is 50.2 Å². The molecule has 2 aliphatic heterocycles. The molecule has 2 heterocycles. The second-order valence-corrected chi connectivity index (χ2v) is 12.5. The maximum atomic E-state index is 14.1. The zero-order valence-electron chi connectivity index (χ0n) is 29.0. The lowest BCUT2D eigenvalue weighted by atomic mass is 9.96. The number of nitrogens with one attached hydrogen (secondary N) is 3. The van der Waals surface area contributed by atoms with E-state index in [-0.39, 0.29) is 59.5 Å². The van der Waals surface area contributed by atoms with Crippen molar-refractivity contribution in [2.24, 2.45) is 17.4 Å². The fourth-order valence-corrected chi connectivity index (χ4v) is 5.68. The first-order valence-electron chi connectivity index (χ1n) is 16.1. The second-order valence-electron chi connectivity index (χ2n) is 12.5. The molecule has 3 aromatic carbocycles. The number of aromatic hydroxyl groups is 1. The number of rotatable bonds is 10. The van der Waals surface area contributed by atoms with Crippen LogP contribution < -0.4 is 36.9 Å². The summed E-state index contributed by atoms with van der Waals surface area (Å²) in [6, 6.07) is 8.63. The van der Waals surface area contributed by atoms with E-state index in [2.05, 4.69) is 16.0 Å². The molecule has 0 saturated heterocycles. The minimum absolute atomic E-state index is 0. The lowest BCUT2D eigenvalue weighted by Gasteiger charge is -2.29. The van der Waals surface area contributed by atoms with Gasteiger partial charge in [-0.25, -0.2) is 0 Å². The normalized spacial score (nSPS) is 18.5. The second kappa shape index (κ2) is 18.2. The Morgan fingerprint density at radius 1 is 1.04 bits per heavy atom. The molecule has 3 amide bonds. The number of phenolic OH excluding ortho intramolecular Hbond substituents is 1. The van der Waals surface area contributed by atoms with Crippen molar-refractivity contribution in [2.75, 3.05) is 14.2 Å². The molecule has 0 unspecified atom stereocenters. The van der Waals surface area contributed by atoms with Gasteiger partial charge in [0.05, 0.1) is 31.2 Å². The van der Waals surface area contributed by atoms with Gasteiger partial charge in [-0.05, 0) is 47.2 Å². The van der Waals surface area contributed by atoms with Crippen molar-refractivity contribution in [2.45, 2.75) is 63.3 Å². The van der Waals surface area contributed by atoms with Crippen molar-refractivity contribution in [3.8, 4) is 23.0 Å². The van der Waals surface area contributed by atoms with Crippen LogP contribution in [0.3, 0.4) is 0 Å². The summed E-state index contributed by atoms with van der Waals surface area (Å²) < 4.78 is 16.1. The number of halogens is 1. The number of phenols is 1. The third-order valence-corrected chi connectivity index (χ3v) is 8.24. The van der Waals surface area contributed by atoms with E-state index in [9.17, 15) is 34.4 Å². The zero-order valence-corrected chi connectivity index (χ0v) is 29.8. The highest BCUT2D eigenvalue weighted by Crippen LogP contribution is 2.43. The van der Waals surface area contributed by atoms with Crippen LogP contribution in [0, 0.1) is 16.0 Å². The first kappa shape index (κ1) is 41.0. The van der Waals surface area contributed by atoms with Gasteiger partial charge in [-0.15, -0.1) is 12.4 Å². The minimum Gasteiger partial charge on any atom is -0.504 e. The van der Waals surface area contributed by atoms with E-state index in [4.69, 9.17) is 25.7 Å². The predicted octanol–water partition coefficient (Wildman–Crippen LogP) is 2.32. The number of methoxy groups -OCH3 is 2. The Balaban J connectivity index is 0.00000729. The monoisotopic (exact) mass is 742 g/mol. The molecular formula is C35H43ClN6O10. The molecular weight excluding hydrogens is 700 g/mol. The maximum Gasteiger partial charge on any atom is 0.325 e. The van der Waals surface area contributed by atoms with Gasteiger partial charge >= 0.3 is 11.7 Å². The van der Waals surface area contributed by atoms with Crippen LogP contribution in [-0.2, 0) is 36.8 Å². The Hall–Kier alpha value is -5.45. The molecule has 8 N–H and O–H groups in total. The van der Waals surface area contributed by atoms with Gasteiger partial charge in [0, 0.05) is 18.9 Å². The molecule has 0 aliphatic carbocycles. The highest BCUT2D eigenvalue weighted by Gasteiger charge is 2.35.